The summed E-state index contributed by atoms with van der Waals surface area (Å²) < 4.78 is 32.4. The first-order chi connectivity index (χ1) is 9.51. The third-order valence-electron chi connectivity index (χ3n) is 2.41. The van der Waals surface area contributed by atoms with Crippen molar-refractivity contribution in [1.82, 2.24) is 10.3 Å². The number of hydrogen-bond donors (Lipinski definition) is 1. The topological polar surface area (TPSA) is 34.2 Å². The Hall–Kier alpha value is -1.24. The van der Waals surface area contributed by atoms with Crippen LogP contribution in [0.5, 0.6) is 11.6 Å². The largest absolute Gasteiger partial charge is 0.434 e. The highest BCUT2D eigenvalue weighted by Gasteiger charge is 2.14. The van der Waals surface area contributed by atoms with Gasteiger partial charge in [0.1, 0.15) is 5.02 Å². The molecule has 0 aliphatic carbocycles. The summed E-state index contributed by atoms with van der Waals surface area (Å²) in [4.78, 5) is 3.99. The molecule has 0 fully saturated rings. The van der Waals surface area contributed by atoms with Crippen molar-refractivity contribution in [3.63, 3.8) is 0 Å². The Labute approximate surface area is 128 Å². The predicted octanol–water partition coefficient (Wildman–Crippen LogP) is 4.29. The second-order valence-electron chi connectivity index (χ2n) is 3.96. The normalized spacial score (nSPS) is 10.7. The molecule has 1 aromatic carbocycles. The van der Waals surface area contributed by atoms with Crippen LogP contribution in [0.25, 0.3) is 0 Å². The zero-order chi connectivity index (χ0) is 14.7. The Morgan fingerprint density at radius 1 is 1.35 bits per heavy atom. The minimum Gasteiger partial charge on any atom is -0.434 e. The summed E-state index contributed by atoms with van der Waals surface area (Å²) in [6.45, 7) is 0.590. The zero-order valence-corrected chi connectivity index (χ0v) is 12.7. The molecule has 2 rings (SSSR count). The van der Waals surface area contributed by atoms with Crippen molar-refractivity contribution in [2.75, 3.05) is 7.05 Å². The lowest BCUT2D eigenvalue weighted by Gasteiger charge is -2.09. The van der Waals surface area contributed by atoms with Gasteiger partial charge in [-0.15, -0.1) is 0 Å². The molecule has 0 spiro atoms. The molecule has 1 aromatic heterocycles. The van der Waals surface area contributed by atoms with Gasteiger partial charge in [0.05, 0.1) is 0 Å². The average Bonchev–Trinajstić information content (AvgIpc) is 2.38. The van der Waals surface area contributed by atoms with Gasteiger partial charge in [0, 0.05) is 17.2 Å². The van der Waals surface area contributed by atoms with E-state index < -0.39 is 11.6 Å². The molecule has 7 heteroatoms. The van der Waals surface area contributed by atoms with Crippen LogP contribution in [0.2, 0.25) is 5.02 Å². The first-order valence-corrected chi connectivity index (χ1v) is 6.79. The van der Waals surface area contributed by atoms with Crippen LogP contribution in [-0.2, 0) is 6.54 Å². The number of halogens is 4. The van der Waals surface area contributed by atoms with E-state index in [1.165, 1.54) is 6.07 Å². The lowest BCUT2D eigenvalue weighted by molar-refractivity contribution is 0.405. The molecule has 0 aliphatic heterocycles. The quantitative estimate of drug-likeness (QED) is 0.823. The van der Waals surface area contributed by atoms with E-state index in [0.717, 1.165) is 11.6 Å². The Morgan fingerprint density at radius 3 is 2.75 bits per heavy atom. The average molecular weight is 364 g/mol. The first kappa shape index (κ1) is 15.2. The van der Waals surface area contributed by atoms with Crippen molar-refractivity contribution in [2.24, 2.45) is 0 Å². The standard InChI is InChI=1S/C13H10BrClF2N2O/c1-18-5-7-2-9(15)13(19-6-7)20-11-4-8(14)3-10(16)12(11)17/h2-4,6,18H,5H2,1H3. The molecule has 0 amide bonds. The molecule has 0 radical (unpaired) electrons. The van der Waals surface area contributed by atoms with E-state index in [4.69, 9.17) is 16.3 Å². The summed E-state index contributed by atoms with van der Waals surface area (Å²) in [6.07, 6.45) is 1.55. The summed E-state index contributed by atoms with van der Waals surface area (Å²) in [6, 6.07) is 3.96. The van der Waals surface area contributed by atoms with Gasteiger partial charge in [0.25, 0.3) is 0 Å². The number of benzene rings is 1. The van der Waals surface area contributed by atoms with E-state index in [-0.39, 0.29) is 16.7 Å². The molecule has 0 saturated carbocycles. The SMILES string of the molecule is CNCc1cnc(Oc2cc(Br)cc(F)c2F)c(Cl)c1. The van der Waals surface area contributed by atoms with Crippen molar-refractivity contribution in [3.8, 4) is 11.6 Å². The molecule has 20 heavy (non-hydrogen) atoms. The molecule has 0 unspecified atom stereocenters. The van der Waals surface area contributed by atoms with Crippen LogP contribution in [-0.4, -0.2) is 12.0 Å². The molecule has 0 aliphatic rings. The summed E-state index contributed by atoms with van der Waals surface area (Å²) in [5.41, 5.74) is 0.853. The number of nitrogens with zero attached hydrogens (tertiary/aromatic N) is 1. The van der Waals surface area contributed by atoms with E-state index in [0.29, 0.717) is 11.0 Å². The van der Waals surface area contributed by atoms with Crippen LogP contribution in [0, 0.1) is 11.6 Å². The van der Waals surface area contributed by atoms with Gasteiger partial charge in [-0.25, -0.2) is 9.37 Å². The van der Waals surface area contributed by atoms with Crippen LogP contribution >= 0.6 is 27.5 Å². The number of hydrogen-bond acceptors (Lipinski definition) is 3. The summed E-state index contributed by atoms with van der Waals surface area (Å²) in [5, 5.41) is 3.17. The molecule has 0 atom stereocenters. The summed E-state index contributed by atoms with van der Waals surface area (Å²) in [5.74, 6) is -2.38. The second kappa shape index (κ2) is 6.47. The smallest absolute Gasteiger partial charge is 0.238 e. The lowest BCUT2D eigenvalue weighted by Crippen LogP contribution is -2.05. The summed E-state index contributed by atoms with van der Waals surface area (Å²) in [7, 11) is 1.79. The van der Waals surface area contributed by atoms with Gasteiger partial charge in [-0.3, -0.25) is 0 Å². The Balaban J connectivity index is 2.31. The van der Waals surface area contributed by atoms with Gasteiger partial charge in [-0.2, -0.15) is 4.39 Å². The molecule has 3 nitrogen and oxygen atoms in total. The van der Waals surface area contributed by atoms with E-state index >= 15 is 0 Å². The number of ether oxygens (including phenoxy) is 1. The molecular formula is C13H10BrClF2N2O. The highest BCUT2D eigenvalue weighted by molar-refractivity contribution is 9.10. The Bertz CT molecular complexity index is 640. The van der Waals surface area contributed by atoms with Crippen LogP contribution in [0.15, 0.2) is 28.9 Å². The highest BCUT2D eigenvalue weighted by atomic mass is 79.9. The van der Waals surface area contributed by atoms with E-state index in [9.17, 15) is 8.78 Å². The summed E-state index contributed by atoms with van der Waals surface area (Å²) >= 11 is 9.07. The Morgan fingerprint density at radius 2 is 2.10 bits per heavy atom. The Kier molecular flexibility index (Phi) is 4.91. The highest BCUT2D eigenvalue weighted by Crippen LogP contribution is 2.32. The van der Waals surface area contributed by atoms with Crippen LogP contribution in [0.1, 0.15) is 5.56 Å². The van der Waals surface area contributed by atoms with Crippen molar-refractivity contribution in [2.45, 2.75) is 6.54 Å². The minimum absolute atomic E-state index is 0.0166. The molecule has 2 aromatic rings. The molecule has 106 valence electrons. The lowest BCUT2D eigenvalue weighted by atomic mass is 10.3. The minimum atomic E-state index is -1.09. The fourth-order valence-electron chi connectivity index (χ4n) is 1.55. The van der Waals surface area contributed by atoms with Crippen molar-refractivity contribution in [1.29, 1.82) is 0 Å². The van der Waals surface area contributed by atoms with E-state index in [1.54, 1.807) is 19.3 Å². The second-order valence-corrected chi connectivity index (χ2v) is 5.29. The zero-order valence-electron chi connectivity index (χ0n) is 10.4. The number of aromatic nitrogens is 1. The maximum absolute atomic E-state index is 13.6. The third-order valence-corrected chi connectivity index (χ3v) is 3.14. The van der Waals surface area contributed by atoms with E-state index in [1.807, 2.05) is 0 Å². The van der Waals surface area contributed by atoms with Crippen LogP contribution in [0.3, 0.4) is 0 Å². The van der Waals surface area contributed by atoms with Gasteiger partial charge in [0.2, 0.25) is 11.7 Å². The van der Waals surface area contributed by atoms with Crippen LogP contribution in [0.4, 0.5) is 8.78 Å². The van der Waals surface area contributed by atoms with Gasteiger partial charge >= 0.3 is 0 Å². The predicted molar refractivity (Wildman–Crippen MR) is 76.1 cm³/mol. The monoisotopic (exact) mass is 362 g/mol. The third kappa shape index (κ3) is 3.45. The molecule has 1 N–H and O–H groups in total. The maximum Gasteiger partial charge on any atom is 0.238 e. The van der Waals surface area contributed by atoms with Gasteiger partial charge in [-0.05, 0) is 30.8 Å². The van der Waals surface area contributed by atoms with Gasteiger partial charge in [0.15, 0.2) is 11.6 Å². The first-order valence-electron chi connectivity index (χ1n) is 5.62. The molecular weight excluding hydrogens is 354 g/mol. The van der Waals surface area contributed by atoms with Crippen molar-refractivity contribution >= 4 is 27.5 Å². The number of pyridine rings is 1. The molecule has 0 saturated heterocycles. The number of rotatable bonds is 4. The fraction of sp³-hybridized carbons (Fsp3) is 0.154. The maximum atomic E-state index is 13.6. The molecule has 1 heterocycles. The fourth-order valence-corrected chi connectivity index (χ4v) is 2.19. The van der Waals surface area contributed by atoms with Gasteiger partial charge in [-0.1, -0.05) is 27.5 Å². The van der Waals surface area contributed by atoms with Crippen molar-refractivity contribution in [3.05, 3.63) is 51.1 Å². The van der Waals surface area contributed by atoms with Crippen LogP contribution < -0.4 is 10.1 Å². The van der Waals surface area contributed by atoms with Crippen molar-refractivity contribution < 1.29 is 13.5 Å². The van der Waals surface area contributed by atoms with E-state index in [2.05, 4.69) is 26.2 Å². The van der Waals surface area contributed by atoms with Gasteiger partial charge < -0.3 is 10.1 Å². The number of nitrogens with one attached hydrogen (secondary N) is 1. The molecule has 0 bridgehead atoms.